The molecule has 0 bridgehead atoms. The van der Waals surface area contributed by atoms with E-state index < -0.39 is 29.3 Å². The van der Waals surface area contributed by atoms with Crippen LogP contribution in [0.15, 0.2) is 53.4 Å². The highest BCUT2D eigenvalue weighted by molar-refractivity contribution is 7.79. The molecule has 2 aromatic rings. The van der Waals surface area contributed by atoms with Gasteiger partial charge in [0.1, 0.15) is 11.9 Å². The van der Waals surface area contributed by atoms with Gasteiger partial charge in [-0.2, -0.15) is 0 Å². The van der Waals surface area contributed by atoms with Crippen LogP contribution < -0.4 is 10.6 Å². The molecule has 1 heterocycles. The van der Waals surface area contributed by atoms with E-state index in [1.54, 1.807) is 0 Å². The van der Waals surface area contributed by atoms with E-state index in [0.29, 0.717) is 44.6 Å². The minimum Gasteiger partial charge on any atom is -0.508 e. The summed E-state index contributed by atoms with van der Waals surface area (Å²) in [7, 11) is 0. The van der Waals surface area contributed by atoms with Crippen molar-refractivity contribution in [3.8, 4) is 5.75 Å². The number of hydrogen-bond acceptors (Lipinski definition) is 7. The van der Waals surface area contributed by atoms with Crippen LogP contribution in [-0.4, -0.2) is 69.6 Å². The van der Waals surface area contributed by atoms with Crippen molar-refractivity contribution in [3.63, 3.8) is 0 Å². The van der Waals surface area contributed by atoms with Gasteiger partial charge in [0, 0.05) is 13.0 Å². The lowest BCUT2D eigenvalue weighted by Gasteiger charge is -2.26. The average Bonchev–Trinajstić information content (AvgIpc) is 3.32. The third kappa shape index (κ3) is 8.90. The van der Waals surface area contributed by atoms with E-state index in [0.717, 1.165) is 5.56 Å². The molecule has 3 rings (SSSR count). The molecular formula is C25H34N2O7S. The molecule has 1 aliphatic rings. The predicted octanol–water partition coefficient (Wildman–Crippen LogP) is 2.23. The second kappa shape index (κ2) is 13.6. The molecule has 5 atom stereocenters. The molecule has 2 aromatic carbocycles. The zero-order valence-electron chi connectivity index (χ0n) is 19.8. The Labute approximate surface area is 208 Å². The maximum Gasteiger partial charge on any atom is 0.407 e. The standard InChI is InChI=1S/C25H34N2O7S/c1-17(11-19-13-20(28)7-8-24(19)35(31)32)14-26-15-23(29)22(12-18-5-3-2-4-6-18)27-25(30)34-21-9-10-33-16-21/h2-8,13,17,21-23,26,28-29H,9-12,14-16H2,1H3,(H,27,30)(H,31,32). The lowest BCUT2D eigenvalue weighted by molar-refractivity contribution is 0.0688. The van der Waals surface area contributed by atoms with Crippen LogP contribution in [0, 0.1) is 5.92 Å². The quantitative estimate of drug-likeness (QED) is 0.276. The molecular weight excluding hydrogens is 472 g/mol. The number of alkyl carbamates (subject to hydrolysis) is 1. The van der Waals surface area contributed by atoms with Crippen LogP contribution in [-0.2, 0) is 33.4 Å². The monoisotopic (exact) mass is 506 g/mol. The van der Waals surface area contributed by atoms with Gasteiger partial charge in [-0.15, -0.1) is 0 Å². The largest absolute Gasteiger partial charge is 0.508 e. The molecule has 1 fully saturated rings. The smallest absolute Gasteiger partial charge is 0.407 e. The topological polar surface area (TPSA) is 137 Å². The molecule has 0 aromatic heterocycles. The number of ether oxygens (including phenoxy) is 2. The van der Waals surface area contributed by atoms with Gasteiger partial charge in [-0.1, -0.05) is 37.3 Å². The molecule has 192 valence electrons. The number of benzene rings is 2. The fraction of sp³-hybridized carbons (Fsp3) is 0.480. The molecule has 0 saturated carbocycles. The predicted molar refractivity (Wildman–Crippen MR) is 132 cm³/mol. The van der Waals surface area contributed by atoms with E-state index in [2.05, 4.69) is 10.6 Å². The van der Waals surface area contributed by atoms with Crippen molar-refractivity contribution in [1.82, 2.24) is 10.6 Å². The van der Waals surface area contributed by atoms with Crippen LogP contribution in [0.25, 0.3) is 0 Å². The van der Waals surface area contributed by atoms with Crippen LogP contribution >= 0.6 is 0 Å². The van der Waals surface area contributed by atoms with Gasteiger partial charge in [-0.3, -0.25) is 0 Å². The number of nitrogens with one attached hydrogen (secondary N) is 2. The van der Waals surface area contributed by atoms with Crippen molar-refractivity contribution >= 4 is 17.2 Å². The lowest BCUT2D eigenvalue weighted by Crippen LogP contribution is -2.49. The van der Waals surface area contributed by atoms with E-state index >= 15 is 0 Å². The molecule has 0 radical (unpaired) electrons. The first kappa shape index (κ1) is 27.1. The number of amides is 1. The Bertz CT molecular complexity index is 970. The summed E-state index contributed by atoms with van der Waals surface area (Å²) in [6.07, 6.45) is -0.174. The van der Waals surface area contributed by atoms with E-state index in [4.69, 9.17) is 9.47 Å². The normalized spacial score (nSPS) is 19.0. The van der Waals surface area contributed by atoms with Gasteiger partial charge in [0.25, 0.3) is 0 Å². The fourth-order valence-electron chi connectivity index (χ4n) is 4.06. The maximum atomic E-state index is 12.4. The Morgan fingerprint density at radius 1 is 1.20 bits per heavy atom. The van der Waals surface area contributed by atoms with Gasteiger partial charge in [-0.05, 0) is 54.6 Å². The summed E-state index contributed by atoms with van der Waals surface area (Å²) in [5.74, 6) is 0.0924. The lowest BCUT2D eigenvalue weighted by atomic mass is 9.99. The number of phenols is 1. The molecule has 1 aliphatic heterocycles. The molecule has 1 amide bonds. The van der Waals surface area contributed by atoms with Crippen LogP contribution in [0.5, 0.6) is 5.75 Å². The number of aliphatic hydroxyl groups excluding tert-OH is 1. The van der Waals surface area contributed by atoms with Crippen molar-refractivity contribution in [3.05, 3.63) is 59.7 Å². The van der Waals surface area contributed by atoms with Gasteiger partial charge in [0.2, 0.25) is 0 Å². The summed E-state index contributed by atoms with van der Waals surface area (Å²) in [6.45, 7) is 3.66. The van der Waals surface area contributed by atoms with Crippen molar-refractivity contribution in [1.29, 1.82) is 0 Å². The third-order valence-electron chi connectivity index (χ3n) is 5.87. The minimum absolute atomic E-state index is 0.0377. The summed E-state index contributed by atoms with van der Waals surface area (Å²) >= 11 is -2.14. The minimum atomic E-state index is -2.14. The van der Waals surface area contributed by atoms with E-state index in [1.807, 2.05) is 37.3 Å². The highest BCUT2D eigenvalue weighted by Crippen LogP contribution is 2.22. The number of aliphatic hydroxyl groups is 1. The summed E-state index contributed by atoms with van der Waals surface area (Å²) in [6, 6.07) is 13.3. The molecule has 0 aliphatic carbocycles. The molecule has 9 nitrogen and oxygen atoms in total. The average molecular weight is 507 g/mol. The Morgan fingerprint density at radius 3 is 2.66 bits per heavy atom. The number of aromatic hydroxyl groups is 1. The van der Waals surface area contributed by atoms with Gasteiger partial charge >= 0.3 is 6.09 Å². The molecule has 5 N–H and O–H groups in total. The van der Waals surface area contributed by atoms with Gasteiger partial charge in [-0.25, -0.2) is 9.00 Å². The summed E-state index contributed by atoms with van der Waals surface area (Å²) in [5, 5.41) is 26.6. The zero-order chi connectivity index (χ0) is 25.2. The summed E-state index contributed by atoms with van der Waals surface area (Å²) in [5.41, 5.74) is 1.57. The fourth-order valence-corrected chi connectivity index (χ4v) is 4.61. The van der Waals surface area contributed by atoms with Crippen LogP contribution in [0.2, 0.25) is 0 Å². The Morgan fingerprint density at radius 2 is 1.97 bits per heavy atom. The summed E-state index contributed by atoms with van der Waals surface area (Å²) < 4.78 is 31.7. The van der Waals surface area contributed by atoms with Crippen molar-refractivity contribution in [2.75, 3.05) is 26.3 Å². The summed E-state index contributed by atoms with van der Waals surface area (Å²) in [4.78, 5) is 12.7. The van der Waals surface area contributed by atoms with Gasteiger partial charge in [0.15, 0.2) is 11.1 Å². The van der Waals surface area contributed by atoms with Crippen LogP contribution in [0.3, 0.4) is 0 Å². The number of hydrogen-bond donors (Lipinski definition) is 5. The molecule has 1 saturated heterocycles. The van der Waals surface area contributed by atoms with Gasteiger partial charge in [0.05, 0.1) is 30.3 Å². The van der Waals surface area contributed by atoms with Crippen LogP contribution in [0.4, 0.5) is 4.79 Å². The first-order valence-corrected chi connectivity index (χ1v) is 12.8. The Hall–Kier alpha value is -2.50. The second-order valence-corrected chi connectivity index (χ2v) is 9.85. The van der Waals surface area contributed by atoms with Crippen molar-refractivity contribution in [2.24, 2.45) is 5.92 Å². The second-order valence-electron chi connectivity index (χ2n) is 8.91. The number of carbonyl (C=O) groups excluding carboxylic acids is 1. The van der Waals surface area contributed by atoms with E-state index in [1.165, 1.54) is 18.2 Å². The Kier molecular flexibility index (Phi) is 10.5. The number of phenolic OH excluding ortho intramolecular Hbond substituents is 1. The first-order chi connectivity index (χ1) is 16.8. The number of carbonyl (C=O) groups is 1. The zero-order valence-corrected chi connectivity index (χ0v) is 20.6. The maximum absolute atomic E-state index is 12.4. The van der Waals surface area contributed by atoms with E-state index in [9.17, 15) is 23.8 Å². The van der Waals surface area contributed by atoms with Crippen molar-refractivity contribution in [2.45, 2.75) is 49.3 Å². The highest BCUT2D eigenvalue weighted by atomic mass is 32.2. The Balaban J connectivity index is 1.54. The van der Waals surface area contributed by atoms with Gasteiger partial charge < -0.3 is 34.9 Å². The molecule has 35 heavy (non-hydrogen) atoms. The van der Waals surface area contributed by atoms with Crippen molar-refractivity contribution < 1.29 is 33.2 Å². The number of rotatable bonds is 12. The SMILES string of the molecule is CC(CNCC(O)C(Cc1ccccc1)NC(=O)OC1CCOC1)Cc1cc(O)ccc1S(=O)O. The highest BCUT2D eigenvalue weighted by Gasteiger charge is 2.26. The molecule has 5 unspecified atom stereocenters. The van der Waals surface area contributed by atoms with Crippen LogP contribution in [0.1, 0.15) is 24.5 Å². The first-order valence-electron chi connectivity index (χ1n) is 11.7. The van der Waals surface area contributed by atoms with E-state index in [-0.39, 0.29) is 29.2 Å². The molecule has 0 spiro atoms. The third-order valence-corrected chi connectivity index (χ3v) is 6.65. The molecule has 10 heteroatoms.